The molecule has 1 amide bonds. The first-order chi connectivity index (χ1) is 10.4. The van der Waals surface area contributed by atoms with E-state index in [9.17, 15) is 20.0 Å². The normalized spacial score (nSPS) is 16.6. The number of thioether (sulfide) groups is 1. The Kier molecular flexibility index (Phi) is 5.11. The smallest absolute Gasteiger partial charge is 0.270 e. The highest BCUT2D eigenvalue weighted by atomic mass is 32.2. The van der Waals surface area contributed by atoms with Gasteiger partial charge in [0, 0.05) is 30.8 Å². The van der Waals surface area contributed by atoms with E-state index in [0.29, 0.717) is 17.3 Å². The van der Waals surface area contributed by atoms with Gasteiger partial charge in [0.1, 0.15) is 10.1 Å². The molecule has 22 heavy (non-hydrogen) atoms. The molecule has 116 valence electrons. The average molecular weight is 340 g/mol. The summed E-state index contributed by atoms with van der Waals surface area (Å²) >= 11 is 6.16. The van der Waals surface area contributed by atoms with E-state index in [1.165, 1.54) is 29.2 Å². The van der Waals surface area contributed by atoms with E-state index in [1.54, 1.807) is 0 Å². The van der Waals surface area contributed by atoms with Gasteiger partial charge in [-0.2, -0.15) is 0 Å². The van der Waals surface area contributed by atoms with Crippen LogP contribution in [0.5, 0.6) is 5.75 Å². The predicted molar refractivity (Wildman–Crippen MR) is 86.3 cm³/mol. The standard InChI is InChI=1S/C13H12N2O5S2/c16-5-1-4-14-12(18)11(22-13(14)21)7-8-6-9(15(19)20)2-3-10(8)17/h2-3,6-7,16-17H,1,4-5H2/b11-7-. The van der Waals surface area contributed by atoms with Crippen molar-refractivity contribution in [3.05, 3.63) is 38.8 Å². The van der Waals surface area contributed by atoms with Crippen LogP contribution in [-0.4, -0.2) is 43.4 Å². The van der Waals surface area contributed by atoms with Crippen molar-refractivity contribution in [1.82, 2.24) is 4.90 Å². The fourth-order valence-corrected chi connectivity index (χ4v) is 3.13. The van der Waals surface area contributed by atoms with Gasteiger partial charge in [-0.15, -0.1) is 0 Å². The van der Waals surface area contributed by atoms with E-state index < -0.39 is 4.92 Å². The molecule has 0 atom stereocenters. The van der Waals surface area contributed by atoms with Crippen LogP contribution in [-0.2, 0) is 4.79 Å². The third kappa shape index (κ3) is 3.43. The number of carbonyl (C=O) groups is 1. The van der Waals surface area contributed by atoms with Crippen molar-refractivity contribution in [2.24, 2.45) is 0 Å². The third-order valence-electron chi connectivity index (χ3n) is 2.92. The van der Waals surface area contributed by atoms with Crippen molar-refractivity contribution < 1.29 is 19.9 Å². The minimum atomic E-state index is -0.580. The highest BCUT2D eigenvalue weighted by Gasteiger charge is 2.31. The lowest BCUT2D eigenvalue weighted by molar-refractivity contribution is -0.384. The van der Waals surface area contributed by atoms with Gasteiger partial charge in [-0.05, 0) is 18.6 Å². The first-order valence-electron chi connectivity index (χ1n) is 6.27. The van der Waals surface area contributed by atoms with E-state index in [2.05, 4.69) is 0 Å². The molecule has 1 saturated heterocycles. The van der Waals surface area contributed by atoms with E-state index in [4.69, 9.17) is 17.3 Å². The molecule has 0 unspecified atom stereocenters. The van der Waals surface area contributed by atoms with Crippen LogP contribution < -0.4 is 0 Å². The van der Waals surface area contributed by atoms with E-state index in [0.717, 1.165) is 11.8 Å². The van der Waals surface area contributed by atoms with Gasteiger partial charge in [0.05, 0.1) is 9.83 Å². The number of nitrogens with zero attached hydrogens (tertiary/aromatic N) is 2. The van der Waals surface area contributed by atoms with Gasteiger partial charge in [-0.3, -0.25) is 19.8 Å². The second kappa shape index (κ2) is 6.86. The molecule has 0 spiro atoms. The molecule has 2 rings (SSSR count). The Hall–Kier alpha value is -1.97. The molecular weight excluding hydrogens is 328 g/mol. The Morgan fingerprint density at radius 2 is 2.18 bits per heavy atom. The van der Waals surface area contributed by atoms with Crippen LogP contribution in [0.2, 0.25) is 0 Å². The summed E-state index contributed by atoms with van der Waals surface area (Å²) in [6.45, 7) is 0.251. The number of hydrogen-bond donors (Lipinski definition) is 2. The van der Waals surface area contributed by atoms with Crippen molar-refractivity contribution in [2.45, 2.75) is 6.42 Å². The highest BCUT2D eigenvalue weighted by Crippen LogP contribution is 2.34. The molecule has 9 heteroatoms. The molecule has 0 radical (unpaired) electrons. The molecule has 1 aromatic carbocycles. The number of amides is 1. The van der Waals surface area contributed by atoms with Crippen LogP contribution in [0.1, 0.15) is 12.0 Å². The lowest BCUT2D eigenvalue weighted by Gasteiger charge is -2.12. The number of carbonyl (C=O) groups excluding carboxylic acids is 1. The minimum absolute atomic E-state index is 0.0538. The Balaban J connectivity index is 2.30. The molecule has 1 heterocycles. The molecule has 0 saturated carbocycles. The summed E-state index contributed by atoms with van der Waals surface area (Å²) in [6, 6.07) is 3.57. The maximum absolute atomic E-state index is 12.2. The van der Waals surface area contributed by atoms with Gasteiger partial charge in [-0.25, -0.2) is 0 Å². The largest absolute Gasteiger partial charge is 0.507 e. The van der Waals surface area contributed by atoms with Crippen molar-refractivity contribution in [3.63, 3.8) is 0 Å². The molecule has 1 aliphatic heterocycles. The number of phenols is 1. The lowest BCUT2D eigenvalue weighted by Crippen LogP contribution is -2.29. The van der Waals surface area contributed by atoms with Gasteiger partial charge in [0.15, 0.2) is 0 Å². The van der Waals surface area contributed by atoms with E-state index in [1.807, 2.05) is 0 Å². The van der Waals surface area contributed by atoms with Gasteiger partial charge < -0.3 is 10.2 Å². The summed E-state index contributed by atoms with van der Waals surface area (Å²) < 4.78 is 0.356. The summed E-state index contributed by atoms with van der Waals surface area (Å²) in [5, 5.41) is 29.4. The quantitative estimate of drug-likeness (QED) is 0.365. The minimum Gasteiger partial charge on any atom is -0.507 e. The summed E-state index contributed by atoms with van der Waals surface area (Å²) in [6.07, 6.45) is 1.78. The Morgan fingerprint density at radius 3 is 2.82 bits per heavy atom. The molecular formula is C13H12N2O5S2. The molecule has 1 aliphatic rings. The summed E-state index contributed by atoms with van der Waals surface area (Å²) in [7, 11) is 0. The van der Waals surface area contributed by atoms with Gasteiger partial charge >= 0.3 is 0 Å². The summed E-state index contributed by atoms with van der Waals surface area (Å²) in [4.78, 5) is 24.0. The van der Waals surface area contributed by atoms with Crippen LogP contribution in [0.15, 0.2) is 23.1 Å². The first-order valence-corrected chi connectivity index (χ1v) is 7.50. The number of phenolic OH excluding ortho intramolecular Hbond substituents is 1. The zero-order valence-electron chi connectivity index (χ0n) is 11.3. The van der Waals surface area contributed by atoms with E-state index >= 15 is 0 Å². The van der Waals surface area contributed by atoms with Crippen LogP contribution in [0.25, 0.3) is 6.08 Å². The van der Waals surface area contributed by atoms with Crippen LogP contribution in [0, 0.1) is 10.1 Å². The zero-order chi connectivity index (χ0) is 16.3. The number of benzene rings is 1. The molecule has 1 aromatic rings. The van der Waals surface area contributed by atoms with Crippen LogP contribution in [0.3, 0.4) is 0 Å². The van der Waals surface area contributed by atoms with Gasteiger partial charge in [-0.1, -0.05) is 24.0 Å². The SMILES string of the molecule is O=C1/C(=C/c2cc([N+](=O)[O-])ccc2O)SC(=S)N1CCCO. The topological polar surface area (TPSA) is 104 Å². The number of thiocarbonyl (C=S) groups is 1. The van der Waals surface area contributed by atoms with E-state index in [-0.39, 0.29) is 34.4 Å². The monoisotopic (exact) mass is 340 g/mol. The number of non-ortho nitro benzene ring substituents is 1. The van der Waals surface area contributed by atoms with Crippen molar-refractivity contribution in [2.75, 3.05) is 13.2 Å². The number of nitro benzene ring substituents is 1. The Labute approximate surface area is 135 Å². The highest BCUT2D eigenvalue weighted by molar-refractivity contribution is 8.26. The van der Waals surface area contributed by atoms with Gasteiger partial charge in [0.25, 0.3) is 11.6 Å². The number of aromatic hydroxyl groups is 1. The molecule has 0 bridgehead atoms. The van der Waals surface area contributed by atoms with Crippen molar-refractivity contribution in [3.8, 4) is 5.75 Å². The fourth-order valence-electron chi connectivity index (χ4n) is 1.83. The first kappa shape index (κ1) is 16.4. The summed E-state index contributed by atoms with van der Waals surface area (Å²) in [5.74, 6) is -0.499. The molecule has 0 aliphatic carbocycles. The fraction of sp³-hybridized carbons (Fsp3) is 0.231. The maximum atomic E-state index is 12.2. The van der Waals surface area contributed by atoms with Crippen LogP contribution >= 0.6 is 24.0 Å². The van der Waals surface area contributed by atoms with Gasteiger partial charge in [0.2, 0.25) is 0 Å². The molecule has 2 N–H and O–H groups in total. The Morgan fingerprint density at radius 1 is 1.45 bits per heavy atom. The average Bonchev–Trinajstić information content (AvgIpc) is 2.73. The summed E-state index contributed by atoms with van der Waals surface area (Å²) in [5.41, 5.74) is -0.00309. The van der Waals surface area contributed by atoms with Crippen molar-refractivity contribution >= 4 is 46.0 Å². The number of nitro groups is 1. The number of aliphatic hydroxyl groups excluding tert-OH is 1. The maximum Gasteiger partial charge on any atom is 0.270 e. The second-order valence-corrected chi connectivity index (χ2v) is 6.09. The second-order valence-electron chi connectivity index (χ2n) is 4.41. The zero-order valence-corrected chi connectivity index (χ0v) is 12.9. The Bertz CT molecular complexity index is 674. The molecule has 0 aromatic heterocycles. The molecule has 7 nitrogen and oxygen atoms in total. The molecule has 1 fully saturated rings. The number of aliphatic hydroxyl groups is 1. The lowest BCUT2D eigenvalue weighted by atomic mass is 10.1. The number of rotatable bonds is 5. The van der Waals surface area contributed by atoms with Crippen molar-refractivity contribution in [1.29, 1.82) is 0 Å². The number of hydrogen-bond acceptors (Lipinski definition) is 7. The third-order valence-corrected chi connectivity index (χ3v) is 4.30. The van der Waals surface area contributed by atoms with Crippen LogP contribution in [0.4, 0.5) is 5.69 Å². The predicted octanol–water partition coefficient (Wildman–Crippen LogP) is 1.88.